The number of anilines is 1. The van der Waals surface area contributed by atoms with Gasteiger partial charge < -0.3 is 24.0 Å². The van der Waals surface area contributed by atoms with Gasteiger partial charge in [0.25, 0.3) is 0 Å². The average Bonchev–Trinajstić information content (AvgIpc) is 3.54. The molecule has 1 aromatic heterocycles. The Labute approximate surface area is 211 Å². The molecule has 1 amide bonds. The summed E-state index contributed by atoms with van der Waals surface area (Å²) in [5.41, 5.74) is 4.39. The molecule has 3 heterocycles. The van der Waals surface area contributed by atoms with Gasteiger partial charge >= 0.3 is 0 Å². The van der Waals surface area contributed by atoms with Gasteiger partial charge in [0.2, 0.25) is 11.7 Å². The van der Waals surface area contributed by atoms with Crippen LogP contribution < -0.4 is 9.64 Å². The number of rotatable bonds is 7. The summed E-state index contributed by atoms with van der Waals surface area (Å²) in [6, 6.07) is 14.3. The Hall–Kier alpha value is -3.43. The zero-order valence-corrected chi connectivity index (χ0v) is 21.1. The van der Waals surface area contributed by atoms with Crippen LogP contribution >= 0.6 is 0 Å². The number of aromatic nitrogens is 3. The maximum atomic E-state index is 11.6. The van der Waals surface area contributed by atoms with Crippen LogP contribution in [0.2, 0.25) is 0 Å². The SMILES string of the molecule is CC(=O)N1CCN(c2ccc(OC[C@@H]3CO[C@@](Cn4nccn4)(c4ccc(C)cc4C)O3)cc2)CC1. The molecule has 0 aliphatic carbocycles. The molecule has 2 aliphatic heterocycles. The van der Waals surface area contributed by atoms with E-state index >= 15 is 0 Å². The summed E-state index contributed by atoms with van der Waals surface area (Å²) in [5, 5.41) is 8.53. The largest absolute Gasteiger partial charge is 0.491 e. The summed E-state index contributed by atoms with van der Waals surface area (Å²) in [6.45, 7) is 10.1. The standard InChI is InChI=1S/C27H33N5O4/c1-20-4-9-26(21(2)16-20)27(19-32-28-10-11-29-32)35-18-25(36-27)17-34-24-7-5-23(6-8-24)31-14-12-30(13-15-31)22(3)33/h4-11,16,25H,12-15,17-19H2,1-3H3/t25-,27-/m1/s1. The minimum atomic E-state index is -0.975. The molecule has 0 bridgehead atoms. The number of ether oxygens (including phenoxy) is 3. The highest BCUT2D eigenvalue weighted by atomic mass is 16.8. The van der Waals surface area contributed by atoms with Crippen molar-refractivity contribution < 1.29 is 19.0 Å². The van der Waals surface area contributed by atoms with Gasteiger partial charge in [-0.1, -0.05) is 23.8 Å². The van der Waals surface area contributed by atoms with Crippen LogP contribution in [0.4, 0.5) is 5.69 Å². The van der Waals surface area contributed by atoms with E-state index in [0.29, 0.717) is 19.8 Å². The first-order chi connectivity index (χ1) is 17.4. The van der Waals surface area contributed by atoms with E-state index in [1.165, 1.54) is 5.56 Å². The molecule has 2 aromatic carbocycles. The summed E-state index contributed by atoms with van der Waals surface area (Å²) in [5.74, 6) is -0.0575. The number of amides is 1. The van der Waals surface area contributed by atoms with Crippen molar-refractivity contribution in [3.63, 3.8) is 0 Å². The van der Waals surface area contributed by atoms with Gasteiger partial charge in [0, 0.05) is 44.4 Å². The van der Waals surface area contributed by atoms with Gasteiger partial charge in [-0.05, 0) is 43.7 Å². The molecular weight excluding hydrogens is 458 g/mol. The molecule has 9 heteroatoms. The molecule has 36 heavy (non-hydrogen) atoms. The summed E-state index contributed by atoms with van der Waals surface area (Å²) in [6.07, 6.45) is 3.07. The van der Waals surface area contributed by atoms with Crippen LogP contribution in [0.1, 0.15) is 23.6 Å². The highest BCUT2D eigenvalue weighted by Gasteiger charge is 2.45. The molecule has 2 aliphatic rings. The Balaban J connectivity index is 1.22. The summed E-state index contributed by atoms with van der Waals surface area (Å²) < 4.78 is 18.9. The molecule has 3 aromatic rings. The molecule has 2 atom stereocenters. The Morgan fingerprint density at radius 2 is 1.78 bits per heavy atom. The highest BCUT2D eigenvalue weighted by molar-refractivity contribution is 5.73. The topological polar surface area (TPSA) is 82.0 Å². The van der Waals surface area contributed by atoms with Crippen LogP contribution in [0.15, 0.2) is 54.9 Å². The lowest BCUT2D eigenvalue weighted by molar-refractivity contribution is -0.192. The molecule has 0 saturated carbocycles. The normalized spacial score (nSPS) is 22.1. The van der Waals surface area contributed by atoms with Crippen molar-refractivity contribution in [2.75, 3.05) is 44.3 Å². The lowest BCUT2D eigenvalue weighted by Gasteiger charge is -2.35. The minimum absolute atomic E-state index is 0.138. The van der Waals surface area contributed by atoms with Gasteiger partial charge in [0.05, 0.1) is 19.0 Å². The van der Waals surface area contributed by atoms with Crippen LogP contribution in [0.5, 0.6) is 5.75 Å². The van der Waals surface area contributed by atoms with E-state index in [2.05, 4.69) is 59.3 Å². The lowest BCUT2D eigenvalue weighted by atomic mass is 9.98. The molecule has 0 unspecified atom stereocenters. The van der Waals surface area contributed by atoms with Crippen molar-refractivity contribution in [1.29, 1.82) is 0 Å². The molecule has 0 radical (unpaired) electrons. The van der Waals surface area contributed by atoms with Crippen LogP contribution in [0.3, 0.4) is 0 Å². The number of piperazine rings is 1. The number of hydrogen-bond donors (Lipinski definition) is 0. The number of nitrogens with zero attached hydrogens (tertiary/aromatic N) is 5. The fourth-order valence-corrected chi connectivity index (χ4v) is 4.93. The van der Waals surface area contributed by atoms with Crippen molar-refractivity contribution in [3.8, 4) is 5.75 Å². The molecule has 9 nitrogen and oxygen atoms in total. The summed E-state index contributed by atoms with van der Waals surface area (Å²) >= 11 is 0. The maximum Gasteiger partial charge on any atom is 0.219 e. The van der Waals surface area contributed by atoms with Crippen molar-refractivity contribution in [1.82, 2.24) is 19.9 Å². The summed E-state index contributed by atoms with van der Waals surface area (Å²) in [7, 11) is 0. The predicted octanol–water partition coefficient (Wildman–Crippen LogP) is 2.91. The van der Waals surface area contributed by atoms with E-state index in [1.54, 1.807) is 24.1 Å². The Morgan fingerprint density at radius 3 is 2.44 bits per heavy atom. The fraction of sp³-hybridized carbons (Fsp3) is 0.444. The van der Waals surface area contributed by atoms with Crippen LogP contribution in [-0.4, -0.2) is 71.3 Å². The first kappa shape index (κ1) is 24.3. The third kappa shape index (κ3) is 5.22. The first-order valence-electron chi connectivity index (χ1n) is 12.4. The molecule has 0 N–H and O–H groups in total. The van der Waals surface area contributed by atoms with Crippen LogP contribution in [0.25, 0.3) is 0 Å². The first-order valence-corrected chi connectivity index (χ1v) is 12.4. The number of benzene rings is 2. The Morgan fingerprint density at radius 1 is 1.06 bits per heavy atom. The maximum absolute atomic E-state index is 11.6. The second-order valence-corrected chi connectivity index (χ2v) is 9.48. The number of carbonyl (C=O) groups is 1. The van der Waals surface area contributed by atoms with Gasteiger partial charge in [-0.3, -0.25) is 4.79 Å². The van der Waals surface area contributed by atoms with Crippen molar-refractivity contribution >= 4 is 11.6 Å². The fourth-order valence-electron chi connectivity index (χ4n) is 4.93. The minimum Gasteiger partial charge on any atom is -0.491 e. The summed E-state index contributed by atoms with van der Waals surface area (Å²) in [4.78, 5) is 17.3. The highest BCUT2D eigenvalue weighted by Crippen LogP contribution is 2.38. The van der Waals surface area contributed by atoms with Gasteiger partial charge in [-0.25, -0.2) is 0 Å². The van der Waals surface area contributed by atoms with E-state index in [0.717, 1.165) is 48.7 Å². The van der Waals surface area contributed by atoms with E-state index < -0.39 is 5.79 Å². The monoisotopic (exact) mass is 491 g/mol. The van der Waals surface area contributed by atoms with Crippen molar-refractivity contribution in [2.45, 2.75) is 39.2 Å². The number of aryl methyl sites for hydroxylation is 2. The number of hydrogen-bond acceptors (Lipinski definition) is 7. The Bertz CT molecular complexity index is 1180. The smallest absolute Gasteiger partial charge is 0.219 e. The molecule has 190 valence electrons. The van der Waals surface area contributed by atoms with Crippen LogP contribution in [0, 0.1) is 13.8 Å². The lowest BCUT2D eigenvalue weighted by Crippen LogP contribution is -2.48. The van der Waals surface area contributed by atoms with E-state index in [4.69, 9.17) is 14.2 Å². The van der Waals surface area contributed by atoms with E-state index in [-0.39, 0.29) is 12.0 Å². The second kappa shape index (κ2) is 10.3. The van der Waals surface area contributed by atoms with E-state index in [1.807, 2.05) is 17.0 Å². The third-order valence-electron chi connectivity index (χ3n) is 6.83. The molecular formula is C27H33N5O4. The van der Waals surface area contributed by atoms with Gasteiger partial charge in [0.1, 0.15) is 25.0 Å². The van der Waals surface area contributed by atoms with Gasteiger partial charge in [-0.2, -0.15) is 15.0 Å². The molecule has 2 saturated heterocycles. The second-order valence-electron chi connectivity index (χ2n) is 9.48. The molecule has 2 fully saturated rings. The quantitative estimate of drug-likeness (QED) is 0.503. The molecule has 5 rings (SSSR count). The zero-order chi connectivity index (χ0) is 25.1. The average molecular weight is 492 g/mol. The molecule has 0 spiro atoms. The van der Waals surface area contributed by atoms with Gasteiger partial charge in [0.15, 0.2) is 0 Å². The number of carbonyl (C=O) groups excluding carboxylic acids is 1. The zero-order valence-electron chi connectivity index (χ0n) is 21.1. The predicted molar refractivity (Wildman–Crippen MR) is 135 cm³/mol. The van der Waals surface area contributed by atoms with Crippen molar-refractivity contribution in [3.05, 3.63) is 71.5 Å². The Kier molecular flexibility index (Phi) is 6.93. The van der Waals surface area contributed by atoms with E-state index in [9.17, 15) is 4.79 Å². The third-order valence-corrected chi connectivity index (χ3v) is 6.83. The van der Waals surface area contributed by atoms with Gasteiger partial charge in [-0.15, -0.1) is 0 Å². The van der Waals surface area contributed by atoms with Crippen molar-refractivity contribution in [2.24, 2.45) is 0 Å². The van der Waals surface area contributed by atoms with Crippen LogP contribution in [-0.2, 0) is 26.6 Å².